The lowest BCUT2D eigenvalue weighted by molar-refractivity contribution is 0.0919. The Morgan fingerprint density at radius 1 is 1.12 bits per heavy atom. The molecule has 0 radical (unpaired) electrons. The molecule has 172 valence electrons. The van der Waals surface area contributed by atoms with Crippen molar-refractivity contribution in [3.8, 4) is 0 Å². The van der Waals surface area contributed by atoms with Crippen LogP contribution in [0.2, 0.25) is 0 Å². The van der Waals surface area contributed by atoms with Gasteiger partial charge in [0.25, 0.3) is 11.5 Å². The predicted octanol–water partition coefficient (Wildman–Crippen LogP) is 0.904. The van der Waals surface area contributed by atoms with Crippen molar-refractivity contribution in [1.29, 1.82) is 0 Å². The smallest absolute Gasteiger partial charge is 0.270 e. The maximum Gasteiger partial charge on any atom is 0.270 e. The summed E-state index contributed by atoms with van der Waals surface area (Å²) in [4.78, 5) is 40.9. The molecule has 9 nitrogen and oxygen atoms in total. The van der Waals surface area contributed by atoms with Crippen molar-refractivity contribution >= 4 is 22.6 Å². The molecular weight excluding hydrogens is 418 g/mol. The van der Waals surface area contributed by atoms with Gasteiger partial charge in [-0.3, -0.25) is 19.5 Å². The number of amides is 1. The minimum atomic E-state index is -0.117. The molecule has 2 saturated heterocycles. The van der Waals surface area contributed by atoms with Gasteiger partial charge in [0.2, 0.25) is 0 Å². The summed E-state index contributed by atoms with van der Waals surface area (Å²) in [6.07, 6.45) is 4.39. The van der Waals surface area contributed by atoms with E-state index in [0.717, 1.165) is 73.7 Å². The van der Waals surface area contributed by atoms with Crippen molar-refractivity contribution in [3.63, 3.8) is 0 Å². The molecule has 3 N–H and O–H groups in total. The fourth-order valence-electron chi connectivity index (χ4n) is 4.30. The van der Waals surface area contributed by atoms with Gasteiger partial charge in [0.15, 0.2) is 0 Å². The molecule has 5 rings (SSSR count). The van der Waals surface area contributed by atoms with Crippen molar-refractivity contribution in [2.45, 2.75) is 25.9 Å². The van der Waals surface area contributed by atoms with Crippen LogP contribution in [0, 0.1) is 0 Å². The fraction of sp³-hybridized carbons (Fsp3) is 0.417. The number of anilines is 1. The third-order valence-corrected chi connectivity index (χ3v) is 6.45. The molecule has 0 unspecified atom stereocenters. The molecule has 33 heavy (non-hydrogen) atoms. The van der Waals surface area contributed by atoms with E-state index in [0.29, 0.717) is 12.1 Å². The van der Waals surface area contributed by atoms with Crippen LogP contribution in [0.25, 0.3) is 11.0 Å². The first-order valence-corrected chi connectivity index (χ1v) is 11.5. The lowest BCUT2D eigenvalue weighted by Crippen LogP contribution is -2.57. The van der Waals surface area contributed by atoms with Crippen molar-refractivity contribution in [1.82, 2.24) is 30.5 Å². The van der Waals surface area contributed by atoms with E-state index in [1.807, 2.05) is 31.3 Å². The van der Waals surface area contributed by atoms with Crippen molar-refractivity contribution < 1.29 is 4.79 Å². The van der Waals surface area contributed by atoms with Gasteiger partial charge in [0, 0.05) is 57.6 Å². The summed E-state index contributed by atoms with van der Waals surface area (Å²) in [5, 5.41) is 6.11. The number of H-pyrrole nitrogens is 1. The summed E-state index contributed by atoms with van der Waals surface area (Å²) >= 11 is 0. The maximum absolute atomic E-state index is 12.2. The van der Waals surface area contributed by atoms with Crippen LogP contribution < -0.4 is 21.1 Å². The second-order valence-corrected chi connectivity index (χ2v) is 8.75. The van der Waals surface area contributed by atoms with Gasteiger partial charge in [-0.15, -0.1) is 0 Å². The number of piperazine rings is 1. The number of hydrogen-bond donors (Lipinski definition) is 3. The molecule has 2 fully saturated rings. The van der Waals surface area contributed by atoms with Crippen LogP contribution in [-0.2, 0) is 13.0 Å². The van der Waals surface area contributed by atoms with E-state index in [1.54, 1.807) is 12.3 Å². The quantitative estimate of drug-likeness (QED) is 0.516. The van der Waals surface area contributed by atoms with E-state index in [1.165, 1.54) is 0 Å². The number of carbonyl (C=O) groups excluding carboxylic acids is 1. The third-order valence-electron chi connectivity index (χ3n) is 6.45. The topological polar surface area (TPSA) is 106 Å². The summed E-state index contributed by atoms with van der Waals surface area (Å²) in [6.45, 7) is 8.02. The average Bonchev–Trinajstić information content (AvgIpc) is 2.81. The molecule has 0 aromatic carbocycles. The molecule has 2 aliphatic rings. The summed E-state index contributed by atoms with van der Waals surface area (Å²) < 4.78 is 0. The predicted molar refractivity (Wildman–Crippen MR) is 128 cm³/mol. The monoisotopic (exact) mass is 447 g/mol. The lowest BCUT2D eigenvalue weighted by Gasteiger charge is -2.36. The average molecular weight is 448 g/mol. The number of aryl methyl sites for hydroxylation is 1. The molecule has 0 bridgehead atoms. The standard InChI is InChI=1S/C24H29N7O2/c1-2-17-10-21-22(29-23(17)32)9-16(11-26-21)15-30-5-7-31(8-6-30)19-3-4-20(27-14-19)24(33)28-18-12-25-13-18/h3-4,9-11,14,18,25H,2,5-8,12-13,15H2,1H3,(H,28,33)(H,29,32). The highest BCUT2D eigenvalue weighted by Gasteiger charge is 2.21. The first kappa shape index (κ1) is 21.5. The van der Waals surface area contributed by atoms with Gasteiger partial charge in [-0.2, -0.15) is 0 Å². The zero-order chi connectivity index (χ0) is 22.8. The number of aromatic amines is 1. The number of nitrogens with zero attached hydrogens (tertiary/aromatic N) is 4. The Morgan fingerprint density at radius 2 is 1.94 bits per heavy atom. The van der Waals surface area contributed by atoms with Crippen LogP contribution in [0.4, 0.5) is 5.69 Å². The van der Waals surface area contributed by atoms with Crippen molar-refractivity contribution in [3.05, 3.63) is 63.8 Å². The lowest BCUT2D eigenvalue weighted by atomic mass is 10.1. The summed E-state index contributed by atoms with van der Waals surface area (Å²) in [6, 6.07) is 7.89. The fourth-order valence-corrected chi connectivity index (χ4v) is 4.30. The molecular formula is C24H29N7O2. The molecule has 5 heterocycles. The van der Waals surface area contributed by atoms with Gasteiger partial charge in [0.1, 0.15) is 5.69 Å². The summed E-state index contributed by atoms with van der Waals surface area (Å²) in [5.41, 5.74) is 4.93. The normalized spacial score (nSPS) is 17.2. The minimum absolute atomic E-state index is 0.0327. The highest BCUT2D eigenvalue weighted by Crippen LogP contribution is 2.18. The Morgan fingerprint density at radius 3 is 2.61 bits per heavy atom. The van der Waals surface area contributed by atoms with Crippen LogP contribution in [0.15, 0.2) is 41.5 Å². The van der Waals surface area contributed by atoms with Gasteiger partial charge in [-0.05, 0) is 36.2 Å². The number of fused-ring (bicyclic) bond motifs is 1. The second kappa shape index (κ2) is 9.29. The largest absolute Gasteiger partial charge is 0.368 e. The van der Waals surface area contributed by atoms with Gasteiger partial charge >= 0.3 is 0 Å². The second-order valence-electron chi connectivity index (χ2n) is 8.75. The van der Waals surface area contributed by atoms with E-state index >= 15 is 0 Å². The summed E-state index contributed by atoms with van der Waals surface area (Å²) in [7, 11) is 0. The van der Waals surface area contributed by atoms with Gasteiger partial charge < -0.3 is 20.5 Å². The molecule has 3 aromatic rings. The van der Waals surface area contributed by atoms with Crippen LogP contribution in [0.3, 0.4) is 0 Å². The molecule has 0 aliphatic carbocycles. The number of nitrogens with one attached hydrogen (secondary N) is 3. The minimum Gasteiger partial charge on any atom is -0.368 e. The summed E-state index contributed by atoms with van der Waals surface area (Å²) in [5.74, 6) is -0.117. The molecule has 0 saturated carbocycles. The van der Waals surface area contributed by atoms with E-state index in [2.05, 4.69) is 35.4 Å². The Kier molecular flexibility index (Phi) is 6.06. The number of carbonyl (C=O) groups is 1. The van der Waals surface area contributed by atoms with Gasteiger partial charge in [0.05, 0.1) is 29.0 Å². The van der Waals surface area contributed by atoms with E-state index < -0.39 is 0 Å². The van der Waals surface area contributed by atoms with E-state index in [-0.39, 0.29) is 17.5 Å². The van der Waals surface area contributed by atoms with Crippen LogP contribution in [-0.4, -0.2) is 71.1 Å². The number of aromatic nitrogens is 3. The van der Waals surface area contributed by atoms with Crippen LogP contribution in [0.5, 0.6) is 0 Å². The zero-order valence-corrected chi connectivity index (χ0v) is 18.8. The number of hydrogen-bond acceptors (Lipinski definition) is 7. The van der Waals surface area contributed by atoms with Crippen molar-refractivity contribution in [2.24, 2.45) is 0 Å². The Balaban J connectivity index is 1.17. The van der Waals surface area contributed by atoms with Gasteiger partial charge in [-0.1, -0.05) is 6.92 Å². The molecule has 1 amide bonds. The highest BCUT2D eigenvalue weighted by molar-refractivity contribution is 5.92. The Bertz CT molecular complexity index is 1200. The zero-order valence-electron chi connectivity index (χ0n) is 18.8. The van der Waals surface area contributed by atoms with Crippen molar-refractivity contribution in [2.75, 3.05) is 44.2 Å². The third kappa shape index (κ3) is 4.74. The Labute approximate surface area is 192 Å². The van der Waals surface area contributed by atoms with E-state index in [9.17, 15) is 9.59 Å². The number of rotatable bonds is 6. The van der Waals surface area contributed by atoms with Crippen LogP contribution in [0.1, 0.15) is 28.5 Å². The Hall–Kier alpha value is -3.30. The molecule has 2 aliphatic heterocycles. The molecule has 9 heteroatoms. The van der Waals surface area contributed by atoms with Crippen LogP contribution >= 0.6 is 0 Å². The number of pyridine rings is 3. The molecule has 3 aromatic heterocycles. The SMILES string of the molecule is CCc1cc2ncc(CN3CCN(c4ccc(C(=O)NC5CNC5)nc4)CC3)cc2[nH]c1=O. The highest BCUT2D eigenvalue weighted by atomic mass is 16.2. The first-order chi connectivity index (χ1) is 16.1. The van der Waals surface area contributed by atoms with E-state index in [4.69, 9.17) is 0 Å². The van der Waals surface area contributed by atoms with Gasteiger partial charge in [-0.25, -0.2) is 4.98 Å². The molecule has 0 spiro atoms. The molecule has 0 atom stereocenters. The maximum atomic E-state index is 12.2. The first-order valence-electron chi connectivity index (χ1n) is 11.5.